The highest BCUT2D eigenvalue weighted by Gasteiger charge is 2.23. The van der Waals surface area contributed by atoms with E-state index in [1.165, 1.54) is 27.2 Å². The van der Waals surface area contributed by atoms with Crippen LogP contribution in [-0.2, 0) is 0 Å². The summed E-state index contributed by atoms with van der Waals surface area (Å²) in [5.74, 6) is 2.91. The van der Waals surface area contributed by atoms with Crippen LogP contribution in [0, 0.1) is 0 Å². The Hall–Kier alpha value is -5.48. The van der Waals surface area contributed by atoms with Crippen LogP contribution < -0.4 is 9.47 Å². The van der Waals surface area contributed by atoms with Gasteiger partial charge in [0.15, 0.2) is 23.0 Å². The van der Waals surface area contributed by atoms with Gasteiger partial charge in [-0.25, -0.2) is 0 Å². The molecule has 0 fully saturated rings. The van der Waals surface area contributed by atoms with Crippen molar-refractivity contribution in [3.05, 3.63) is 133 Å². The molecular weight excluding hydrogens is 492 g/mol. The summed E-state index contributed by atoms with van der Waals surface area (Å²) >= 11 is 0. The molecule has 0 saturated carbocycles. The zero-order valence-electron chi connectivity index (χ0n) is 21.4. The molecule has 0 unspecified atom stereocenters. The molecule has 1 aliphatic rings. The molecule has 2 aromatic heterocycles. The van der Waals surface area contributed by atoms with Crippen molar-refractivity contribution >= 4 is 43.6 Å². The van der Waals surface area contributed by atoms with E-state index in [4.69, 9.17) is 9.47 Å². The van der Waals surface area contributed by atoms with Crippen LogP contribution in [0.1, 0.15) is 0 Å². The Bertz CT molecular complexity index is 2270. The van der Waals surface area contributed by atoms with E-state index in [1.807, 2.05) is 24.3 Å². The largest absolute Gasteiger partial charge is 0.449 e. The molecule has 8 aromatic rings. The first-order valence-corrected chi connectivity index (χ1v) is 13.4. The summed E-state index contributed by atoms with van der Waals surface area (Å²) in [5.41, 5.74) is 6.86. The van der Waals surface area contributed by atoms with Gasteiger partial charge >= 0.3 is 0 Å². The van der Waals surface area contributed by atoms with Crippen LogP contribution in [-0.4, -0.2) is 9.13 Å². The van der Waals surface area contributed by atoms with Gasteiger partial charge in [-0.05, 0) is 60.7 Å². The van der Waals surface area contributed by atoms with Gasteiger partial charge in [0.1, 0.15) is 0 Å². The first kappa shape index (κ1) is 21.5. The van der Waals surface area contributed by atoms with Gasteiger partial charge in [0.2, 0.25) is 0 Å². The summed E-state index contributed by atoms with van der Waals surface area (Å²) < 4.78 is 17.3. The van der Waals surface area contributed by atoms with E-state index in [9.17, 15) is 0 Å². The number of hydrogen-bond acceptors (Lipinski definition) is 2. The standard InChI is InChI=1S/C36H22N2O2/c1-2-10-23(11-3-1)37-29-14-6-4-12-25(29)27-20-24(18-19-31(27)37)38-30-15-7-5-13-26(30)28-21-35-36(22-32(28)38)40-34-17-9-8-16-33(34)39-35/h1-22H. The minimum atomic E-state index is 0.719. The van der Waals surface area contributed by atoms with Crippen molar-refractivity contribution in [2.45, 2.75) is 0 Å². The van der Waals surface area contributed by atoms with Gasteiger partial charge in [0.25, 0.3) is 0 Å². The second kappa shape index (κ2) is 8.01. The predicted molar refractivity (Wildman–Crippen MR) is 162 cm³/mol. The molecule has 0 spiro atoms. The predicted octanol–water partition coefficient (Wildman–Crippen LogP) is 9.78. The first-order chi connectivity index (χ1) is 19.8. The average Bonchev–Trinajstić information content (AvgIpc) is 3.51. The normalized spacial score (nSPS) is 12.4. The fraction of sp³-hybridized carbons (Fsp3) is 0. The van der Waals surface area contributed by atoms with Gasteiger partial charge in [-0.2, -0.15) is 0 Å². The van der Waals surface area contributed by atoms with Crippen molar-refractivity contribution in [2.24, 2.45) is 0 Å². The van der Waals surface area contributed by atoms with Crippen LogP contribution in [0.4, 0.5) is 0 Å². The zero-order valence-corrected chi connectivity index (χ0v) is 21.4. The lowest BCUT2D eigenvalue weighted by Gasteiger charge is -2.20. The van der Waals surface area contributed by atoms with Crippen LogP contribution in [0.5, 0.6) is 23.0 Å². The topological polar surface area (TPSA) is 28.3 Å². The minimum Gasteiger partial charge on any atom is -0.449 e. The van der Waals surface area contributed by atoms with Crippen molar-refractivity contribution in [1.29, 1.82) is 0 Å². The molecule has 1 aliphatic heterocycles. The summed E-state index contributed by atoms with van der Waals surface area (Å²) in [7, 11) is 0. The Labute approximate surface area is 229 Å². The molecular formula is C36H22N2O2. The van der Waals surface area contributed by atoms with E-state index in [0.717, 1.165) is 50.8 Å². The molecule has 0 radical (unpaired) electrons. The molecule has 6 aromatic carbocycles. The molecule has 0 atom stereocenters. The van der Waals surface area contributed by atoms with Crippen LogP contribution in [0.15, 0.2) is 133 Å². The average molecular weight is 515 g/mol. The number of aromatic nitrogens is 2. The van der Waals surface area contributed by atoms with E-state index < -0.39 is 0 Å². The zero-order chi connectivity index (χ0) is 26.2. The number of hydrogen-bond donors (Lipinski definition) is 0. The molecule has 188 valence electrons. The number of fused-ring (bicyclic) bond motifs is 8. The third-order valence-corrected chi connectivity index (χ3v) is 7.96. The summed E-state index contributed by atoms with van der Waals surface area (Å²) in [6.45, 7) is 0. The maximum absolute atomic E-state index is 6.31. The maximum Gasteiger partial charge on any atom is 0.172 e. The molecule has 4 heteroatoms. The Kier molecular flexibility index (Phi) is 4.30. The Morgan fingerprint density at radius 1 is 0.325 bits per heavy atom. The van der Waals surface area contributed by atoms with Crippen LogP contribution in [0.2, 0.25) is 0 Å². The van der Waals surface area contributed by atoms with Crippen molar-refractivity contribution in [3.63, 3.8) is 0 Å². The third kappa shape index (κ3) is 2.96. The SMILES string of the molecule is c1ccc(-n2c3ccccc3c3cc(-n4c5ccccc5c5cc6c(cc54)Oc4ccccc4O6)ccc32)cc1. The van der Waals surface area contributed by atoms with Crippen molar-refractivity contribution in [1.82, 2.24) is 9.13 Å². The summed E-state index contributed by atoms with van der Waals surface area (Å²) in [6.07, 6.45) is 0. The smallest absolute Gasteiger partial charge is 0.172 e. The molecule has 40 heavy (non-hydrogen) atoms. The Morgan fingerprint density at radius 3 is 1.55 bits per heavy atom. The molecule has 9 rings (SSSR count). The van der Waals surface area contributed by atoms with Gasteiger partial charge in [-0.15, -0.1) is 0 Å². The summed E-state index contributed by atoms with van der Waals surface area (Å²) in [5, 5.41) is 4.75. The lowest BCUT2D eigenvalue weighted by Crippen LogP contribution is -1.99. The van der Waals surface area contributed by atoms with Crippen LogP contribution in [0.25, 0.3) is 55.0 Å². The van der Waals surface area contributed by atoms with Crippen LogP contribution >= 0.6 is 0 Å². The fourth-order valence-corrected chi connectivity index (χ4v) is 6.22. The minimum absolute atomic E-state index is 0.719. The van der Waals surface area contributed by atoms with E-state index in [1.54, 1.807) is 0 Å². The molecule has 0 amide bonds. The van der Waals surface area contributed by atoms with Gasteiger partial charge in [-0.3, -0.25) is 0 Å². The second-order valence-corrected chi connectivity index (χ2v) is 10.2. The molecule has 4 nitrogen and oxygen atoms in total. The van der Waals surface area contributed by atoms with Gasteiger partial charge in [0, 0.05) is 39.0 Å². The number of rotatable bonds is 2. The second-order valence-electron chi connectivity index (χ2n) is 10.2. The highest BCUT2D eigenvalue weighted by atomic mass is 16.6. The van der Waals surface area contributed by atoms with Gasteiger partial charge in [-0.1, -0.05) is 66.7 Å². The van der Waals surface area contributed by atoms with Crippen molar-refractivity contribution in [2.75, 3.05) is 0 Å². The first-order valence-electron chi connectivity index (χ1n) is 13.4. The van der Waals surface area contributed by atoms with Crippen LogP contribution in [0.3, 0.4) is 0 Å². The van der Waals surface area contributed by atoms with E-state index in [-0.39, 0.29) is 0 Å². The highest BCUT2D eigenvalue weighted by molar-refractivity contribution is 6.12. The van der Waals surface area contributed by atoms with E-state index >= 15 is 0 Å². The number of para-hydroxylation sites is 5. The fourth-order valence-electron chi connectivity index (χ4n) is 6.22. The van der Waals surface area contributed by atoms with Crippen molar-refractivity contribution < 1.29 is 9.47 Å². The monoisotopic (exact) mass is 514 g/mol. The molecule has 0 saturated heterocycles. The van der Waals surface area contributed by atoms with E-state index in [0.29, 0.717) is 0 Å². The number of benzene rings is 6. The molecule has 0 bridgehead atoms. The molecule has 3 heterocycles. The quantitative estimate of drug-likeness (QED) is 0.230. The third-order valence-electron chi connectivity index (χ3n) is 7.96. The van der Waals surface area contributed by atoms with Gasteiger partial charge < -0.3 is 18.6 Å². The summed E-state index contributed by atoms with van der Waals surface area (Å²) in [6, 6.07) is 46.6. The Balaban J connectivity index is 1.32. The molecule has 0 N–H and O–H groups in total. The lowest BCUT2D eigenvalue weighted by atomic mass is 10.1. The highest BCUT2D eigenvalue weighted by Crippen LogP contribution is 2.48. The number of nitrogens with zero attached hydrogens (tertiary/aromatic N) is 2. The summed E-state index contributed by atoms with van der Waals surface area (Å²) in [4.78, 5) is 0. The maximum atomic E-state index is 6.31. The van der Waals surface area contributed by atoms with E-state index in [2.05, 4.69) is 118 Å². The molecule has 0 aliphatic carbocycles. The number of ether oxygens (including phenoxy) is 2. The van der Waals surface area contributed by atoms with Gasteiger partial charge in [0.05, 0.1) is 22.1 Å². The lowest BCUT2D eigenvalue weighted by molar-refractivity contribution is 0.360. The van der Waals surface area contributed by atoms with Crippen molar-refractivity contribution in [3.8, 4) is 34.4 Å². The Morgan fingerprint density at radius 2 is 0.850 bits per heavy atom.